The number of aliphatic carboxylic acids is 1. The van der Waals surface area contributed by atoms with Crippen molar-refractivity contribution in [2.24, 2.45) is 4.99 Å². The number of hydrogen-bond acceptors (Lipinski definition) is 3. The van der Waals surface area contributed by atoms with Gasteiger partial charge in [0.2, 0.25) is 0 Å². The number of carbonyl (C=O) groups is 2. The number of carboxylic acid groups (broad SMARTS) is 1. The van der Waals surface area contributed by atoms with Crippen molar-refractivity contribution in [3.05, 3.63) is 47.3 Å². The minimum absolute atomic E-state index is 0.00340. The second-order valence-electron chi connectivity index (χ2n) is 7.46. The summed E-state index contributed by atoms with van der Waals surface area (Å²) in [5.74, 6) is -1.12. The summed E-state index contributed by atoms with van der Waals surface area (Å²) >= 11 is 0. The van der Waals surface area contributed by atoms with E-state index >= 15 is 0 Å². The third-order valence-electron chi connectivity index (χ3n) is 5.33. The van der Waals surface area contributed by atoms with Crippen molar-refractivity contribution >= 4 is 18.2 Å². The van der Waals surface area contributed by atoms with Gasteiger partial charge in [0.1, 0.15) is 6.20 Å². The smallest absolute Gasteiger partial charge is 0.360 e. The van der Waals surface area contributed by atoms with E-state index in [0.717, 1.165) is 38.5 Å². The van der Waals surface area contributed by atoms with Crippen molar-refractivity contribution in [1.82, 2.24) is 5.32 Å². The zero-order chi connectivity index (χ0) is 19.3. The van der Waals surface area contributed by atoms with Crippen LogP contribution in [0.15, 0.2) is 41.2 Å². The summed E-state index contributed by atoms with van der Waals surface area (Å²) in [6.07, 6.45) is 9.37. The monoisotopic (exact) mass is 370 g/mol. The summed E-state index contributed by atoms with van der Waals surface area (Å²) in [6, 6.07) is 8.15. The summed E-state index contributed by atoms with van der Waals surface area (Å²) in [5, 5.41) is 12.4. The summed E-state index contributed by atoms with van der Waals surface area (Å²) in [6.45, 7) is 2.71. The molecule has 3 rings (SSSR count). The lowest BCUT2D eigenvalue weighted by molar-refractivity contribution is -0.771. The highest BCUT2D eigenvalue weighted by atomic mass is 16.4. The number of unbranched alkanes of at least 4 members (excludes halogenated alkanes) is 3. The highest BCUT2D eigenvalue weighted by Gasteiger charge is 2.35. The lowest BCUT2D eigenvalue weighted by Gasteiger charge is -2.25. The maximum absolute atomic E-state index is 12.7. The Balaban J connectivity index is 1.67. The fourth-order valence-electron chi connectivity index (χ4n) is 3.92. The molecule has 27 heavy (non-hydrogen) atoms. The number of fused-ring (bicyclic) bond motifs is 1. The molecule has 0 fully saturated rings. The SMILES string of the molecule is CCCCCC[N+]1(CC(=O)O)C=NC(C(=O)NC2CCc3ccccc32)=C1. The maximum Gasteiger partial charge on any atom is 0.360 e. The molecule has 1 aromatic carbocycles. The molecule has 0 bridgehead atoms. The van der Waals surface area contributed by atoms with Gasteiger partial charge in [-0.05, 0) is 36.8 Å². The summed E-state index contributed by atoms with van der Waals surface area (Å²) in [7, 11) is 0. The van der Waals surface area contributed by atoms with E-state index in [9.17, 15) is 14.7 Å². The Bertz CT molecular complexity index is 772. The van der Waals surface area contributed by atoms with Gasteiger partial charge in [-0.15, -0.1) is 0 Å². The summed E-state index contributed by atoms with van der Waals surface area (Å²) in [4.78, 5) is 28.3. The molecular formula is C21H28N3O3+. The van der Waals surface area contributed by atoms with Crippen LogP contribution in [0.5, 0.6) is 0 Å². The number of hydrogen-bond donors (Lipinski definition) is 2. The molecule has 1 aromatic rings. The van der Waals surface area contributed by atoms with E-state index in [1.807, 2.05) is 12.1 Å². The molecule has 6 heteroatoms. The molecule has 2 N–H and O–H groups in total. The van der Waals surface area contributed by atoms with E-state index in [1.54, 1.807) is 12.5 Å². The number of nitrogens with zero attached hydrogens (tertiary/aromatic N) is 2. The number of quaternary nitrogens is 1. The Morgan fingerprint density at radius 2 is 2.07 bits per heavy atom. The molecule has 6 nitrogen and oxygen atoms in total. The van der Waals surface area contributed by atoms with Crippen molar-refractivity contribution in [3.8, 4) is 0 Å². The molecular weight excluding hydrogens is 342 g/mol. The van der Waals surface area contributed by atoms with Gasteiger partial charge in [0.25, 0.3) is 5.91 Å². The molecule has 1 heterocycles. The van der Waals surface area contributed by atoms with Crippen LogP contribution < -0.4 is 5.32 Å². The molecule has 2 atom stereocenters. The molecule has 0 aromatic heterocycles. The van der Waals surface area contributed by atoms with Crippen molar-refractivity contribution < 1.29 is 19.2 Å². The van der Waals surface area contributed by atoms with E-state index < -0.39 is 5.97 Å². The van der Waals surface area contributed by atoms with Crippen molar-refractivity contribution in [1.29, 1.82) is 0 Å². The second-order valence-corrected chi connectivity index (χ2v) is 7.46. The molecule has 0 saturated carbocycles. The number of amides is 1. The Hall–Kier alpha value is -2.47. The first-order chi connectivity index (χ1) is 13.0. The Kier molecular flexibility index (Phi) is 6.06. The van der Waals surface area contributed by atoms with Gasteiger partial charge in [-0.3, -0.25) is 4.79 Å². The third kappa shape index (κ3) is 4.63. The average Bonchev–Trinajstić information content (AvgIpc) is 3.24. The maximum atomic E-state index is 12.7. The second kappa shape index (κ2) is 8.48. The lowest BCUT2D eigenvalue weighted by atomic mass is 10.1. The largest absolute Gasteiger partial charge is 0.477 e. The average molecular weight is 370 g/mol. The van der Waals surface area contributed by atoms with Crippen LogP contribution in [0.3, 0.4) is 0 Å². The predicted molar refractivity (Wildman–Crippen MR) is 104 cm³/mol. The molecule has 0 spiro atoms. The number of rotatable bonds is 9. The first kappa shape index (κ1) is 19.3. The van der Waals surface area contributed by atoms with Crippen LogP contribution in [0.4, 0.5) is 0 Å². The normalized spacial score (nSPS) is 23.1. The van der Waals surface area contributed by atoms with Crippen LogP contribution >= 0.6 is 0 Å². The zero-order valence-electron chi connectivity index (χ0n) is 15.9. The summed E-state index contributed by atoms with van der Waals surface area (Å²) in [5.41, 5.74) is 2.76. The van der Waals surface area contributed by atoms with Crippen LogP contribution in [0.1, 0.15) is 56.2 Å². The summed E-state index contributed by atoms with van der Waals surface area (Å²) < 4.78 is 0.114. The minimum Gasteiger partial charge on any atom is -0.477 e. The van der Waals surface area contributed by atoms with Crippen LogP contribution in [-0.4, -0.2) is 40.9 Å². The van der Waals surface area contributed by atoms with E-state index in [-0.39, 0.29) is 23.0 Å². The van der Waals surface area contributed by atoms with E-state index in [0.29, 0.717) is 12.2 Å². The number of aliphatic imine (C=N–C) groups is 1. The van der Waals surface area contributed by atoms with Gasteiger partial charge in [0, 0.05) is 0 Å². The first-order valence-electron chi connectivity index (χ1n) is 9.78. The number of carboxylic acids is 1. The molecule has 2 aliphatic rings. The van der Waals surface area contributed by atoms with Gasteiger partial charge in [0.05, 0.1) is 12.6 Å². The molecule has 1 amide bonds. The van der Waals surface area contributed by atoms with Crippen molar-refractivity contribution in [2.45, 2.75) is 51.5 Å². The van der Waals surface area contributed by atoms with Crippen LogP contribution in [0.2, 0.25) is 0 Å². The standard InChI is InChI=1S/C21H27N3O3/c1-2-3-4-7-12-24(14-20(25)26)13-19(22-15-24)21(27)23-18-11-10-16-8-5-6-9-17(16)18/h5-6,8-9,13,15,18H,2-4,7,10-12,14H2,1H3,(H-,23,25,26,27)/p+1. The quantitative estimate of drug-likeness (QED) is 0.518. The van der Waals surface area contributed by atoms with Crippen LogP contribution in [-0.2, 0) is 16.0 Å². The highest BCUT2D eigenvalue weighted by molar-refractivity contribution is 5.95. The Labute approximate surface area is 160 Å². The Morgan fingerprint density at radius 3 is 2.85 bits per heavy atom. The molecule has 1 aliphatic carbocycles. The lowest BCUT2D eigenvalue weighted by Crippen LogP contribution is -2.45. The van der Waals surface area contributed by atoms with Gasteiger partial charge in [-0.25, -0.2) is 9.28 Å². The number of carbonyl (C=O) groups excluding carboxylic acids is 1. The molecule has 2 unspecified atom stereocenters. The van der Waals surface area contributed by atoms with Crippen molar-refractivity contribution in [3.63, 3.8) is 0 Å². The molecule has 0 saturated heterocycles. The van der Waals surface area contributed by atoms with Gasteiger partial charge in [-0.2, -0.15) is 4.99 Å². The molecule has 144 valence electrons. The van der Waals surface area contributed by atoms with Gasteiger partial charge < -0.3 is 10.4 Å². The van der Waals surface area contributed by atoms with Gasteiger partial charge in [0.15, 0.2) is 18.6 Å². The first-order valence-corrected chi connectivity index (χ1v) is 9.78. The Morgan fingerprint density at radius 1 is 1.26 bits per heavy atom. The third-order valence-corrected chi connectivity index (χ3v) is 5.33. The topological polar surface area (TPSA) is 78.8 Å². The fraction of sp³-hybridized carbons (Fsp3) is 0.476. The van der Waals surface area contributed by atoms with Gasteiger partial charge in [-0.1, -0.05) is 44.0 Å². The van der Waals surface area contributed by atoms with Crippen molar-refractivity contribution in [2.75, 3.05) is 13.1 Å². The van der Waals surface area contributed by atoms with Crippen LogP contribution in [0.25, 0.3) is 0 Å². The number of aryl methyl sites for hydroxylation is 1. The van der Waals surface area contributed by atoms with Crippen LogP contribution in [0, 0.1) is 0 Å². The number of nitrogens with one attached hydrogen (secondary N) is 1. The molecule has 1 aliphatic heterocycles. The predicted octanol–water partition coefficient (Wildman–Crippen LogP) is 3.16. The fourth-order valence-corrected chi connectivity index (χ4v) is 3.92. The van der Waals surface area contributed by atoms with E-state index in [4.69, 9.17) is 0 Å². The van der Waals surface area contributed by atoms with Gasteiger partial charge >= 0.3 is 5.97 Å². The van der Waals surface area contributed by atoms with E-state index in [1.165, 1.54) is 11.1 Å². The number of benzene rings is 1. The minimum atomic E-state index is -0.889. The zero-order valence-corrected chi connectivity index (χ0v) is 15.9. The highest BCUT2D eigenvalue weighted by Crippen LogP contribution is 2.31. The molecule has 0 radical (unpaired) electrons. The van der Waals surface area contributed by atoms with E-state index in [2.05, 4.69) is 29.4 Å².